The molecule has 2 aromatic carbocycles. The van der Waals surface area contributed by atoms with Gasteiger partial charge in [-0.1, -0.05) is 42.2 Å². The molecule has 2 aromatic rings. The maximum atomic E-state index is 13.8. The van der Waals surface area contributed by atoms with E-state index in [2.05, 4.69) is 5.32 Å². The number of hydrogen-bond donors (Lipinski definition) is 2. The van der Waals surface area contributed by atoms with Crippen molar-refractivity contribution in [3.05, 3.63) is 64.8 Å². The molecule has 7 nitrogen and oxygen atoms in total. The van der Waals surface area contributed by atoms with E-state index in [1.807, 2.05) is 0 Å². The van der Waals surface area contributed by atoms with Gasteiger partial charge in [-0.15, -0.1) is 0 Å². The average Bonchev–Trinajstić information content (AvgIpc) is 2.91. The van der Waals surface area contributed by atoms with E-state index < -0.39 is 27.7 Å². The van der Waals surface area contributed by atoms with Crippen LogP contribution in [0, 0.1) is 5.82 Å². The maximum absolute atomic E-state index is 13.8. The van der Waals surface area contributed by atoms with Gasteiger partial charge in [0.2, 0.25) is 15.9 Å². The van der Waals surface area contributed by atoms with Crippen LogP contribution in [0.15, 0.2) is 58.3 Å². The Morgan fingerprint density at radius 1 is 1.21 bits per heavy atom. The van der Waals surface area contributed by atoms with Crippen LogP contribution in [0.4, 0.5) is 10.1 Å². The molecular formula is C18H14FN3O4S3. The summed E-state index contributed by atoms with van der Waals surface area (Å²) in [6.45, 7) is -0.337. The van der Waals surface area contributed by atoms with Crippen LogP contribution in [0.3, 0.4) is 0 Å². The summed E-state index contributed by atoms with van der Waals surface area (Å²) in [7, 11) is -3.83. The topological polar surface area (TPSA) is 110 Å². The van der Waals surface area contributed by atoms with E-state index in [1.165, 1.54) is 48.5 Å². The molecule has 3 rings (SSSR count). The van der Waals surface area contributed by atoms with Crippen LogP contribution in [0.5, 0.6) is 0 Å². The number of rotatable bonds is 5. The number of anilines is 1. The Bertz CT molecular complexity index is 1130. The zero-order chi connectivity index (χ0) is 21.2. The molecule has 1 aliphatic rings. The average molecular weight is 452 g/mol. The lowest BCUT2D eigenvalue weighted by Gasteiger charge is -2.14. The Morgan fingerprint density at radius 3 is 2.48 bits per heavy atom. The molecule has 1 fully saturated rings. The molecule has 0 aliphatic carbocycles. The number of primary sulfonamides is 1. The second-order valence-electron chi connectivity index (χ2n) is 5.91. The smallest absolute Gasteiger partial charge is 0.266 e. The van der Waals surface area contributed by atoms with Gasteiger partial charge in [-0.05, 0) is 36.4 Å². The molecule has 0 spiro atoms. The van der Waals surface area contributed by atoms with Crippen molar-refractivity contribution in [3.63, 3.8) is 0 Å². The Hall–Kier alpha value is -2.60. The highest BCUT2D eigenvalue weighted by Gasteiger charge is 2.33. The van der Waals surface area contributed by atoms with E-state index in [1.54, 1.807) is 6.07 Å². The van der Waals surface area contributed by atoms with Gasteiger partial charge < -0.3 is 5.32 Å². The minimum atomic E-state index is -3.83. The molecule has 1 heterocycles. The number of carbonyl (C=O) groups excluding carboxylic acids is 2. The van der Waals surface area contributed by atoms with Crippen LogP contribution in [0.1, 0.15) is 5.56 Å². The minimum absolute atomic E-state index is 0.0919. The number of amides is 2. The summed E-state index contributed by atoms with van der Waals surface area (Å²) in [4.78, 5) is 26.0. The lowest BCUT2D eigenvalue weighted by atomic mass is 10.2. The van der Waals surface area contributed by atoms with Crippen molar-refractivity contribution in [2.75, 3.05) is 11.9 Å². The fourth-order valence-electron chi connectivity index (χ4n) is 2.44. The summed E-state index contributed by atoms with van der Waals surface area (Å²) in [6, 6.07) is 11.2. The van der Waals surface area contributed by atoms with E-state index in [9.17, 15) is 22.4 Å². The maximum Gasteiger partial charge on any atom is 0.266 e. The fourth-order valence-corrected chi connectivity index (χ4v) is 4.20. The SMILES string of the molecule is NS(=O)(=O)c1ccc(NC(=O)CN2C(=O)/C(=C/c3ccccc3F)SC2=S)cc1. The summed E-state index contributed by atoms with van der Waals surface area (Å²) in [5.41, 5.74) is 0.571. The number of nitrogens with zero attached hydrogens (tertiary/aromatic N) is 1. The first-order valence-electron chi connectivity index (χ1n) is 8.08. The summed E-state index contributed by atoms with van der Waals surface area (Å²) in [5.74, 6) is -1.50. The summed E-state index contributed by atoms with van der Waals surface area (Å²) in [5, 5.41) is 7.57. The van der Waals surface area contributed by atoms with Gasteiger partial charge in [0.25, 0.3) is 5.91 Å². The van der Waals surface area contributed by atoms with Crippen molar-refractivity contribution in [1.29, 1.82) is 0 Å². The normalized spacial score (nSPS) is 15.8. The number of thiocarbonyl (C=S) groups is 1. The molecule has 0 bridgehead atoms. The second-order valence-corrected chi connectivity index (χ2v) is 9.14. The Kier molecular flexibility index (Phi) is 6.13. The largest absolute Gasteiger partial charge is 0.325 e. The summed E-state index contributed by atoms with van der Waals surface area (Å²) < 4.78 is 36.5. The molecule has 0 aromatic heterocycles. The van der Waals surface area contributed by atoms with Gasteiger partial charge in [-0.3, -0.25) is 14.5 Å². The van der Waals surface area contributed by atoms with Gasteiger partial charge in [0, 0.05) is 11.3 Å². The van der Waals surface area contributed by atoms with E-state index in [-0.39, 0.29) is 26.2 Å². The van der Waals surface area contributed by atoms with Crippen LogP contribution in [-0.2, 0) is 19.6 Å². The van der Waals surface area contributed by atoms with Crippen molar-refractivity contribution in [3.8, 4) is 0 Å². The molecule has 0 atom stereocenters. The first kappa shape index (κ1) is 21.1. The quantitative estimate of drug-likeness (QED) is 0.533. The number of nitrogens with two attached hydrogens (primary N) is 1. The molecule has 3 N–H and O–H groups in total. The third-order valence-electron chi connectivity index (χ3n) is 3.83. The van der Waals surface area contributed by atoms with Crippen molar-refractivity contribution in [2.24, 2.45) is 5.14 Å². The molecule has 11 heteroatoms. The Balaban J connectivity index is 1.68. The van der Waals surface area contributed by atoms with Gasteiger partial charge in [-0.2, -0.15) is 0 Å². The van der Waals surface area contributed by atoms with Gasteiger partial charge in [0.05, 0.1) is 9.80 Å². The van der Waals surface area contributed by atoms with Crippen molar-refractivity contribution < 1.29 is 22.4 Å². The summed E-state index contributed by atoms with van der Waals surface area (Å²) >= 11 is 6.14. The van der Waals surface area contributed by atoms with Gasteiger partial charge >= 0.3 is 0 Å². The zero-order valence-electron chi connectivity index (χ0n) is 14.7. The highest BCUT2D eigenvalue weighted by atomic mass is 32.2. The standard InChI is InChI=1S/C18H14FN3O4S3/c19-14-4-2-1-3-11(14)9-15-17(24)22(18(27)28-15)10-16(23)21-12-5-7-13(8-6-12)29(20,25)26/h1-9H,10H2,(H,21,23)(H2,20,25,26)/b15-9-. The molecule has 1 saturated heterocycles. The number of halogens is 1. The number of benzene rings is 2. The van der Waals surface area contributed by atoms with E-state index in [4.69, 9.17) is 17.4 Å². The highest BCUT2D eigenvalue weighted by Crippen LogP contribution is 2.32. The number of sulfonamides is 1. The fraction of sp³-hybridized carbons (Fsp3) is 0.0556. The third-order valence-corrected chi connectivity index (χ3v) is 6.14. The second kappa shape index (κ2) is 8.41. The molecule has 0 radical (unpaired) electrons. The van der Waals surface area contributed by atoms with E-state index in [0.717, 1.165) is 16.7 Å². The molecule has 2 amide bonds. The number of carbonyl (C=O) groups is 2. The third kappa shape index (κ3) is 5.07. The lowest BCUT2D eigenvalue weighted by Crippen LogP contribution is -2.36. The summed E-state index contributed by atoms with van der Waals surface area (Å²) in [6.07, 6.45) is 1.39. The van der Waals surface area contributed by atoms with Crippen LogP contribution in [-0.4, -0.2) is 36.0 Å². The first-order valence-corrected chi connectivity index (χ1v) is 10.8. The van der Waals surface area contributed by atoms with Gasteiger partial charge in [0.1, 0.15) is 16.7 Å². The van der Waals surface area contributed by atoms with Gasteiger partial charge in [-0.25, -0.2) is 17.9 Å². The van der Waals surface area contributed by atoms with Crippen molar-refractivity contribution in [2.45, 2.75) is 4.90 Å². The van der Waals surface area contributed by atoms with Gasteiger partial charge in [0.15, 0.2) is 0 Å². The zero-order valence-corrected chi connectivity index (χ0v) is 17.1. The van der Waals surface area contributed by atoms with Crippen LogP contribution >= 0.6 is 24.0 Å². The number of hydrogen-bond acceptors (Lipinski definition) is 6. The Morgan fingerprint density at radius 2 is 1.86 bits per heavy atom. The molecule has 1 aliphatic heterocycles. The monoisotopic (exact) mass is 451 g/mol. The van der Waals surface area contributed by atoms with E-state index in [0.29, 0.717) is 5.69 Å². The first-order chi connectivity index (χ1) is 13.6. The van der Waals surface area contributed by atoms with Crippen molar-refractivity contribution in [1.82, 2.24) is 4.90 Å². The van der Waals surface area contributed by atoms with Crippen molar-refractivity contribution >= 4 is 61.9 Å². The van der Waals surface area contributed by atoms with Crippen LogP contribution in [0.2, 0.25) is 0 Å². The molecule has 0 unspecified atom stereocenters. The number of thioether (sulfide) groups is 1. The number of nitrogens with one attached hydrogen (secondary N) is 1. The minimum Gasteiger partial charge on any atom is -0.325 e. The van der Waals surface area contributed by atoms with Crippen LogP contribution in [0.25, 0.3) is 6.08 Å². The molecule has 29 heavy (non-hydrogen) atoms. The molecular weight excluding hydrogens is 437 g/mol. The highest BCUT2D eigenvalue weighted by molar-refractivity contribution is 8.26. The Labute approximate surface area is 175 Å². The predicted octanol–water partition coefficient (Wildman–Crippen LogP) is 2.31. The van der Waals surface area contributed by atoms with E-state index >= 15 is 0 Å². The molecule has 0 saturated carbocycles. The van der Waals surface area contributed by atoms with Crippen LogP contribution < -0.4 is 10.5 Å². The lowest BCUT2D eigenvalue weighted by molar-refractivity contribution is -0.126. The molecule has 150 valence electrons. The predicted molar refractivity (Wildman–Crippen MR) is 113 cm³/mol.